The van der Waals surface area contributed by atoms with Gasteiger partial charge in [-0.15, -0.1) is 21.5 Å². The average molecular weight is 375 g/mol. The molecule has 0 N–H and O–H groups in total. The van der Waals surface area contributed by atoms with Crippen molar-refractivity contribution in [2.45, 2.75) is 37.3 Å². The maximum Gasteiger partial charge on any atom is 0.277 e. The minimum Gasteiger partial charge on any atom is -0.469 e. The van der Waals surface area contributed by atoms with Crippen LogP contribution in [0.25, 0.3) is 11.5 Å². The zero-order valence-electron chi connectivity index (χ0n) is 13.9. The molecule has 0 saturated carbocycles. The van der Waals surface area contributed by atoms with Gasteiger partial charge in [0.25, 0.3) is 11.1 Å². The maximum atomic E-state index is 12.7. The van der Waals surface area contributed by atoms with Crippen LogP contribution in [0.1, 0.15) is 23.1 Å². The second-order valence-corrected chi connectivity index (χ2v) is 8.20. The van der Waals surface area contributed by atoms with Crippen molar-refractivity contribution in [3.8, 4) is 11.5 Å². The van der Waals surface area contributed by atoms with E-state index in [1.807, 2.05) is 18.7 Å². The molecule has 4 rings (SSSR count). The van der Waals surface area contributed by atoms with Gasteiger partial charge in [0.15, 0.2) is 0 Å². The van der Waals surface area contributed by atoms with Gasteiger partial charge in [-0.3, -0.25) is 4.79 Å². The molecule has 0 radical (unpaired) electrons. The lowest BCUT2D eigenvalue weighted by Crippen LogP contribution is -2.39. The molecule has 3 aromatic rings. The Labute approximate surface area is 153 Å². The van der Waals surface area contributed by atoms with Gasteiger partial charge < -0.3 is 13.7 Å². The number of thioether (sulfide) groups is 1. The Kier molecular flexibility index (Phi) is 4.39. The van der Waals surface area contributed by atoms with E-state index in [0.717, 1.165) is 24.3 Å². The fourth-order valence-corrected chi connectivity index (χ4v) is 4.53. The summed E-state index contributed by atoms with van der Waals surface area (Å²) in [6.45, 7) is 5.17. The summed E-state index contributed by atoms with van der Waals surface area (Å²) in [6.07, 6.45) is 2.52. The van der Waals surface area contributed by atoms with E-state index in [9.17, 15) is 4.79 Å². The van der Waals surface area contributed by atoms with Crippen molar-refractivity contribution in [2.24, 2.45) is 0 Å². The second-order valence-electron chi connectivity index (χ2n) is 5.90. The highest BCUT2D eigenvalue weighted by molar-refractivity contribution is 8.00. The van der Waals surface area contributed by atoms with Crippen molar-refractivity contribution in [1.82, 2.24) is 15.1 Å². The Balaban J connectivity index is 1.42. The number of carbonyl (C=O) groups excluding carboxylic acids is 1. The summed E-state index contributed by atoms with van der Waals surface area (Å²) >= 11 is 3.06. The number of nitrogens with zero attached hydrogens (tertiary/aromatic N) is 3. The number of aryl methyl sites for hydroxylation is 1. The third-order valence-corrected chi connectivity index (χ3v) is 6.19. The van der Waals surface area contributed by atoms with Crippen LogP contribution in [0, 0.1) is 6.92 Å². The summed E-state index contributed by atoms with van der Waals surface area (Å²) in [5.41, 5.74) is 2.04. The van der Waals surface area contributed by atoms with E-state index in [0.29, 0.717) is 17.7 Å². The molecule has 1 aliphatic heterocycles. The minimum atomic E-state index is -0.279. The first kappa shape index (κ1) is 16.4. The number of hydrogen-bond donors (Lipinski definition) is 0. The van der Waals surface area contributed by atoms with Crippen molar-refractivity contribution >= 4 is 29.0 Å². The lowest BCUT2D eigenvalue weighted by Gasteiger charge is -2.28. The molecule has 0 fully saturated rings. The number of carbonyl (C=O) groups is 1. The number of rotatable bonds is 4. The van der Waals surface area contributed by atoms with Gasteiger partial charge in [0.05, 0.1) is 17.1 Å². The summed E-state index contributed by atoms with van der Waals surface area (Å²) in [5.74, 6) is 1.24. The highest BCUT2D eigenvalue weighted by atomic mass is 32.2. The van der Waals surface area contributed by atoms with Crippen LogP contribution in [0.4, 0.5) is 0 Å². The van der Waals surface area contributed by atoms with Gasteiger partial charge in [-0.05, 0) is 43.3 Å². The van der Waals surface area contributed by atoms with E-state index >= 15 is 0 Å². The number of furan rings is 1. The maximum absolute atomic E-state index is 12.7. The highest BCUT2D eigenvalue weighted by Gasteiger charge is 2.27. The smallest absolute Gasteiger partial charge is 0.277 e. The minimum absolute atomic E-state index is 0.0982. The van der Waals surface area contributed by atoms with Gasteiger partial charge in [0, 0.05) is 18.0 Å². The third kappa shape index (κ3) is 3.23. The van der Waals surface area contributed by atoms with Crippen LogP contribution >= 0.6 is 23.1 Å². The van der Waals surface area contributed by atoms with Crippen LogP contribution < -0.4 is 0 Å². The molecular formula is C17H17N3O3S2. The van der Waals surface area contributed by atoms with Crippen LogP contribution in [0.15, 0.2) is 37.8 Å². The molecule has 4 heterocycles. The second kappa shape index (κ2) is 6.68. The summed E-state index contributed by atoms with van der Waals surface area (Å²) in [7, 11) is 0. The van der Waals surface area contributed by atoms with Crippen LogP contribution in [-0.4, -0.2) is 32.8 Å². The van der Waals surface area contributed by atoms with Gasteiger partial charge in [-0.25, -0.2) is 0 Å². The van der Waals surface area contributed by atoms with Crippen LogP contribution in [0.2, 0.25) is 0 Å². The van der Waals surface area contributed by atoms with E-state index in [-0.39, 0.29) is 11.2 Å². The average Bonchev–Trinajstić information content (AvgIpc) is 3.33. The fourth-order valence-electron chi connectivity index (χ4n) is 2.87. The van der Waals surface area contributed by atoms with Gasteiger partial charge >= 0.3 is 0 Å². The zero-order chi connectivity index (χ0) is 17.4. The first-order chi connectivity index (χ1) is 12.1. The van der Waals surface area contributed by atoms with Gasteiger partial charge in [-0.1, -0.05) is 11.8 Å². The monoisotopic (exact) mass is 375 g/mol. The molecule has 0 spiro atoms. The lowest BCUT2D eigenvalue weighted by molar-refractivity contribution is -0.131. The van der Waals surface area contributed by atoms with Crippen molar-refractivity contribution in [3.63, 3.8) is 0 Å². The van der Waals surface area contributed by atoms with E-state index in [1.165, 1.54) is 22.2 Å². The zero-order valence-corrected chi connectivity index (χ0v) is 15.5. The molecule has 0 aliphatic carbocycles. The van der Waals surface area contributed by atoms with Gasteiger partial charge in [-0.2, -0.15) is 0 Å². The SMILES string of the molecule is Cc1occc1-c1nnc(SC(C)C(=O)N2CCc3sccc3C2)o1. The highest BCUT2D eigenvalue weighted by Crippen LogP contribution is 2.30. The predicted octanol–water partition coefficient (Wildman–Crippen LogP) is 3.77. The number of aromatic nitrogens is 2. The summed E-state index contributed by atoms with van der Waals surface area (Å²) < 4.78 is 10.9. The fraction of sp³-hybridized carbons (Fsp3) is 0.353. The number of thiophene rings is 1. The van der Waals surface area contributed by atoms with E-state index < -0.39 is 0 Å². The molecule has 3 aromatic heterocycles. The Hall–Kier alpha value is -2.06. The molecule has 25 heavy (non-hydrogen) atoms. The Morgan fingerprint density at radius 2 is 2.28 bits per heavy atom. The molecule has 0 bridgehead atoms. The van der Waals surface area contributed by atoms with Crippen molar-refractivity contribution in [3.05, 3.63) is 40.0 Å². The van der Waals surface area contributed by atoms with E-state index in [4.69, 9.17) is 8.83 Å². The van der Waals surface area contributed by atoms with Crippen molar-refractivity contribution in [1.29, 1.82) is 0 Å². The molecule has 1 unspecified atom stereocenters. The van der Waals surface area contributed by atoms with Crippen molar-refractivity contribution in [2.75, 3.05) is 6.54 Å². The van der Waals surface area contributed by atoms with Gasteiger partial charge in [0.1, 0.15) is 5.76 Å². The van der Waals surface area contributed by atoms with E-state index in [2.05, 4.69) is 21.6 Å². The number of amides is 1. The molecule has 1 amide bonds. The molecule has 6 nitrogen and oxygen atoms in total. The van der Waals surface area contributed by atoms with Crippen LogP contribution in [-0.2, 0) is 17.8 Å². The number of hydrogen-bond acceptors (Lipinski definition) is 7. The van der Waals surface area contributed by atoms with Crippen molar-refractivity contribution < 1.29 is 13.6 Å². The standard InChI is InChI=1S/C17H17N3O3S2/c1-10-13(4-7-22-10)15-18-19-17(23-15)25-11(2)16(21)20-6-3-14-12(9-20)5-8-24-14/h4-5,7-8,11H,3,6,9H2,1-2H3. The lowest BCUT2D eigenvalue weighted by atomic mass is 10.1. The molecule has 1 aliphatic rings. The normalized spacial score (nSPS) is 15.2. The quantitative estimate of drug-likeness (QED) is 0.647. The first-order valence-corrected chi connectivity index (χ1v) is 9.76. The summed E-state index contributed by atoms with van der Waals surface area (Å²) in [4.78, 5) is 16.0. The van der Waals surface area contributed by atoms with Crippen LogP contribution in [0.3, 0.4) is 0 Å². The molecular weight excluding hydrogens is 358 g/mol. The molecule has 8 heteroatoms. The van der Waals surface area contributed by atoms with Crippen LogP contribution in [0.5, 0.6) is 0 Å². The Morgan fingerprint density at radius 3 is 3.08 bits per heavy atom. The number of fused-ring (bicyclic) bond motifs is 1. The third-order valence-electron chi connectivity index (χ3n) is 4.24. The molecule has 0 saturated heterocycles. The molecule has 1 atom stereocenters. The summed E-state index contributed by atoms with van der Waals surface area (Å²) in [5, 5.41) is 10.3. The molecule has 0 aromatic carbocycles. The summed E-state index contributed by atoms with van der Waals surface area (Å²) in [6, 6.07) is 3.90. The Bertz CT molecular complexity index is 898. The largest absolute Gasteiger partial charge is 0.469 e. The Morgan fingerprint density at radius 1 is 1.40 bits per heavy atom. The topological polar surface area (TPSA) is 72.4 Å². The molecule has 130 valence electrons. The predicted molar refractivity (Wildman–Crippen MR) is 95.5 cm³/mol. The van der Waals surface area contributed by atoms with Gasteiger partial charge in [0.2, 0.25) is 5.91 Å². The first-order valence-electron chi connectivity index (χ1n) is 8.00. The van der Waals surface area contributed by atoms with E-state index in [1.54, 1.807) is 23.7 Å².